The monoisotopic (exact) mass is 588 g/mol. The summed E-state index contributed by atoms with van der Waals surface area (Å²) in [6.07, 6.45) is 27.7. The number of hydrogen-bond donors (Lipinski definition) is 1. The van der Waals surface area contributed by atoms with Gasteiger partial charge in [-0.3, -0.25) is 14.7 Å². The number of nitrogens with zero attached hydrogens (tertiary/aromatic N) is 3. The van der Waals surface area contributed by atoms with E-state index in [-0.39, 0.29) is 11.4 Å². The highest BCUT2D eigenvalue weighted by Gasteiger charge is 2.60. The number of para-hydroxylation sites is 1. The smallest absolute Gasteiger partial charge is 0.308 e. The first-order valence-electron chi connectivity index (χ1n) is 16.9. The van der Waals surface area contributed by atoms with Crippen LogP contribution in [0.1, 0.15) is 70.4 Å². The molecule has 2 saturated heterocycles. The van der Waals surface area contributed by atoms with E-state index in [1.165, 1.54) is 76.1 Å². The highest BCUT2D eigenvalue weighted by molar-refractivity contribution is 6.12. The lowest BCUT2D eigenvalue weighted by Gasteiger charge is -2.54. The fraction of sp³-hybridized carbons (Fsp3) is 0.474. The number of piperidine rings is 1. The fourth-order valence-electron chi connectivity index (χ4n) is 9.35. The van der Waals surface area contributed by atoms with Gasteiger partial charge in [0.15, 0.2) is 5.75 Å². The van der Waals surface area contributed by atoms with Gasteiger partial charge >= 0.3 is 5.97 Å². The van der Waals surface area contributed by atoms with Crippen molar-refractivity contribution >= 4 is 33.3 Å². The van der Waals surface area contributed by atoms with E-state index in [1.54, 1.807) is 0 Å². The molecule has 3 bridgehead atoms. The van der Waals surface area contributed by atoms with Gasteiger partial charge in [-0.25, -0.2) is 0 Å². The summed E-state index contributed by atoms with van der Waals surface area (Å²) in [6.45, 7) is 6.14. The van der Waals surface area contributed by atoms with Crippen molar-refractivity contribution < 1.29 is 9.53 Å². The van der Waals surface area contributed by atoms with E-state index < -0.39 is 0 Å². The first-order chi connectivity index (χ1) is 21.6. The van der Waals surface area contributed by atoms with Crippen molar-refractivity contribution in [1.29, 1.82) is 0 Å². The largest absolute Gasteiger partial charge is 0.424 e. The second-order valence-corrected chi connectivity index (χ2v) is 13.7. The Labute approximate surface area is 260 Å². The molecule has 6 heteroatoms. The van der Waals surface area contributed by atoms with E-state index in [0.29, 0.717) is 23.8 Å². The average molecular weight is 589 g/mol. The molecule has 0 radical (unpaired) electrons. The quantitative estimate of drug-likeness (QED) is 0.190. The molecule has 5 aliphatic rings. The molecule has 0 saturated carbocycles. The van der Waals surface area contributed by atoms with E-state index >= 15 is 0 Å². The predicted octanol–water partition coefficient (Wildman–Crippen LogP) is 7.59. The van der Waals surface area contributed by atoms with E-state index in [9.17, 15) is 4.79 Å². The maximum absolute atomic E-state index is 11.9. The van der Waals surface area contributed by atoms with Crippen LogP contribution in [0.15, 0.2) is 72.5 Å². The molecule has 3 aromatic rings. The Hall–Kier alpha value is -3.48. The molecule has 8 rings (SSSR count). The van der Waals surface area contributed by atoms with Crippen LogP contribution in [0, 0.1) is 11.3 Å². The van der Waals surface area contributed by atoms with Gasteiger partial charge in [-0.15, -0.1) is 0 Å². The van der Waals surface area contributed by atoms with Crippen LogP contribution in [-0.2, 0) is 4.79 Å². The van der Waals surface area contributed by atoms with Crippen molar-refractivity contribution in [2.45, 2.75) is 76.8 Å². The number of nitrogens with one attached hydrogen (secondary N) is 1. The molecule has 2 fully saturated rings. The Bertz CT molecular complexity index is 1710. The number of pyridine rings is 1. The minimum Gasteiger partial charge on any atom is -0.424 e. The summed E-state index contributed by atoms with van der Waals surface area (Å²) in [5, 5.41) is 2.20. The molecule has 6 heterocycles. The Kier molecular flexibility index (Phi) is 7.30. The van der Waals surface area contributed by atoms with E-state index in [0.717, 1.165) is 53.4 Å². The van der Waals surface area contributed by atoms with Gasteiger partial charge < -0.3 is 14.6 Å². The molecule has 5 atom stereocenters. The number of carbonyl (C=O) groups excluding carboxylic acids is 1. The van der Waals surface area contributed by atoms with Crippen LogP contribution in [0.25, 0.3) is 27.4 Å². The number of carbonyl (C=O) groups is 1. The van der Waals surface area contributed by atoms with Crippen molar-refractivity contribution in [3.63, 3.8) is 0 Å². The molecule has 6 nitrogen and oxygen atoms in total. The summed E-state index contributed by atoms with van der Waals surface area (Å²) >= 11 is 0. The number of H-pyrrole nitrogens is 1. The van der Waals surface area contributed by atoms with Crippen molar-refractivity contribution in [1.82, 2.24) is 19.8 Å². The van der Waals surface area contributed by atoms with Crippen molar-refractivity contribution in [3.8, 4) is 5.75 Å². The third kappa shape index (κ3) is 4.69. The summed E-state index contributed by atoms with van der Waals surface area (Å²) in [5.41, 5.74) is 5.98. The molecular weight excluding hydrogens is 544 g/mol. The van der Waals surface area contributed by atoms with Gasteiger partial charge in [0, 0.05) is 47.9 Å². The molecule has 1 unspecified atom stereocenters. The lowest BCUT2D eigenvalue weighted by molar-refractivity contribution is -0.131. The maximum atomic E-state index is 11.9. The highest BCUT2D eigenvalue weighted by Crippen LogP contribution is 2.60. The van der Waals surface area contributed by atoms with Crippen LogP contribution >= 0.6 is 0 Å². The van der Waals surface area contributed by atoms with Crippen molar-refractivity contribution in [2.24, 2.45) is 11.3 Å². The van der Waals surface area contributed by atoms with Crippen molar-refractivity contribution in [2.75, 3.05) is 26.2 Å². The topological polar surface area (TPSA) is 61.5 Å². The minimum absolute atomic E-state index is 0.143. The average Bonchev–Trinajstić information content (AvgIpc) is 3.53. The van der Waals surface area contributed by atoms with Crippen LogP contribution < -0.4 is 4.74 Å². The SMILES string of the molecule is CC(=O)Oc1cccc2c1[nH]c1c(C3=C/C4=C\C/C=C\CCCCN5CC[C@@H]3[C@]3(C[C@@H]6/C=C\CCCCN6[C@H]43)C5)nccc12. The maximum Gasteiger partial charge on any atom is 0.308 e. The number of hydrogen-bond acceptors (Lipinski definition) is 5. The minimum atomic E-state index is -0.310. The van der Waals surface area contributed by atoms with Crippen LogP contribution in [0.3, 0.4) is 0 Å². The lowest BCUT2D eigenvalue weighted by atomic mass is 9.57. The van der Waals surface area contributed by atoms with Gasteiger partial charge in [-0.05, 0) is 107 Å². The number of aromatic amines is 1. The summed E-state index contributed by atoms with van der Waals surface area (Å²) in [5.74, 6) is 0.695. The zero-order valence-corrected chi connectivity index (χ0v) is 25.9. The normalized spacial score (nSPS) is 33.4. The first kappa shape index (κ1) is 28.0. The zero-order valence-electron chi connectivity index (χ0n) is 25.9. The number of aromatic nitrogens is 2. The molecule has 1 aromatic carbocycles. The molecule has 0 amide bonds. The summed E-state index contributed by atoms with van der Waals surface area (Å²) in [4.78, 5) is 26.5. The van der Waals surface area contributed by atoms with Gasteiger partial charge in [0.2, 0.25) is 0 Å². The second-order valence-electron chi connectivity index (χ2n) is 13.7. The van der Waals surface area contributed by atoms with Crippen LogP contribution in [-0.4, -0.2) is 64.0 Å². The number of fused-ring (bicyclic) bond motifs is 5. The lowest BCUT2D eigenvalue weighted by Crippen LogP contribution is -2.57. The number of esters is 1. The second kappa shape index (κ2) is 11.5. The Morgan fingerprint density at radius 3 is 2.77 bits per heavy atom. The molecule has 1 spiro atoms. The fourth-order valence-corrected chi connectivity index (χ4v) is 9.35. The zero-order chi connectivity index (χ0) is 29.7. The molecule has 4 aliphatic heterocycles. The molecule has 2 aromatic heterocycles. The van der Waals surface area contributed by atoms with Crippen LogP contribution in [0.4, 0.5) is 0 Å². The van der Waals surface area contributed by atoms with Gasteiger partial charge in [-0.1, -0.05) is 48.6 Å². The van der Waals surface area contributed by atoms with Gasteiger partial charge in [0.25, 0.3) is 0 Å². The van der Waals surface area contributed by atoms with Crippen LogP contribution in [0.2, 0.25) is 0 Å². The predicted molar refractivity (Wildman–Crippen MR) is 177 cm³/mol. The van der Waals surface area contributed by atoms with E-state index in [4.69, 9.17) is 9.72 Å². The molecule has 1 N–H and O–H groups in total. The number of benzene rings is 1. The Morgan fingerprint density at radius 1 is 1.00 bits per heavy atom. The van der Waals surface area contributed by atoms with Gasteiger partial charge in [-0.2, -0.15) is 0 Å². The number of allylic oxidation sites excluding steroid dienone is 5. The Balaban J connectivity index is 1.33. The van der Waals surface area contributed by atoms with E-state index in [2.05, 4.69) is 63.4 Å². The van der Waals surface area contributed by atoms with Crippen LogP contribution in [0.5, 0.6) is 5.75 Å². The third-order valence-corrected chi connectivity index (χ3v) is 11.0. The van der Waals surface area contributed by atoms with Gasteiger partial charge in [0.05, 0.1) is 16.7 Å². The van der Waals surface area contributed by atoms with E-state index in [1.807, 2.05) is 18.3 Å². The van der Waals surface area contributed by atoms with Crippen molar-refractivity contribution in [3.05, 3.63) is 78.2 Å². The van der Waals surface area contributed by atoms with Gasteiger partial charge in [0.1, 0.15) is 0 Å². The Morgan fingerprint density at radius 2 is 1.86 bits per heavy atom. The number of rotatable bonds is 2. The summed E-state index contributed by atoms with van der Waals surface area (Å²) in [6, 6.07) is 8.98. The highest BCUT2D eigenvalue weighted by atomic mass is 16.5. The molecule has 44 heavy (non-hydrogen) atoms. The summed E-state index contributed by atoms with van der Waals surface area (Å²) in [7, 11) is 0. The first-order valence-corrected chi connectivity index (χ1v) is 16.9. The molecular formula is C38H44N4O2. The third-order valence-electron chi connectivity index (χ3n) is 11.0. The molecule has 1 aliphatic carbocycles. The standard InChI is InChI=1S/C38H44N4O2/c1-26(43)44-33-16-12-15-29-30-17-19-39-35(36(30)40-34(29)33)31-23-27-13-8-4-2-3-6-10-20-41-22-18-32(31)38(25-41)24-28-14-9-5-7-11-21-42(28)37(27)38/h2,4,9,12-17,19,23,28,32,37,40H,3,5-8,10-11,18,20-22,24-25H2,1H3/b4-2-,14-9-,27-13+/t28-,32-,37+,38-/m0/s1. The summed E-state index contributed by atoms with van der Waals surface area (Å²) < 4.78 is 5.63. The number of ether oxygens (including phenoxy) is 1. The molecule has 228 valence electrons.